The fourth-order valence-corrected chi connectivity index (χ4v) is 3.69. The minimum atomic E-state index is 0.333. The van der Waals surface area contributed by atoms with Gasteiger partial charge in [0, 0.05) is 37.4 Å². The van der Waals surface area contributed by atoms with Crippen LogP contribution in [0.4, 0.5) is 0 Å². The molecule has 19 heavy (non-hydrogen) atoms. The molecule has 1 aromatic heterocycles. The molecule has 0 bridgehead atoms. The first kappa shape index (κ1) is 14.5. The second-order valence-corrected chi connectivity index (χ2v) is 6.04. The Labute approximate surface area is 117 Å². The first-order valence-corrected chi connectivity index (χ1v) is 7.41. The molecule has 1 aliphatic rings. The topological polar surface area (TPSA) is 33.1 Å². The predicted molar refractivity (Wildman–Crippen MR) is 79.3 cm³/mol. The standard InChI is InChI=1S/C15H28N4/c1-16-13(7-8-14-17-11-12-19(14)4)15(18(2)3)9-5-6-10-15/h11-13,16H,5-10H2,1-4H3. The average Bonchev–Trinajstić information content (AvgIpc) is 3.01. The van der Waals surface area contributed by atoms with Gasteiger partial charge in [-0.25, -0.2) is 4.98 Å². The molecule has 2 rings (SSSR count). The molecule has 4 nitrogen and oxygen atoms in total. The molecule has 1 heterocycles. The van der Waals surface area contributed by atoms with E-state index < -0.39 is 0 Å². The maximum Gasteiger partial charge on any atom is 0.108 e. The minimum Gasteiger partial charge on any atom is -0.338 e. The summed E-state index contributed by atoms with van der Waals surface area (Å²) in [6.45, 7) is 0. The average molecular weight is 264 g/mol. The smallest absolute Gasteiger partial charge is 0.108 e. The van der Waals surface area contributed by atoms with Crippen LogP contribution in [-0.2, 0) is 13.5 Å². The Bertz CT molecular complexity index is 391. The molecular formula is C15H28N4. The van der Waals surface area contributed by atoms with Gasteiger partial charge < -0.3 is 14.8 Å². The largest absolute Gasteiger partial charge is 0.338 e. The van der Waals surface area contributed by atoms with Crippen LogP contribution in [0.2, 0.25) is 0 Å². The molecular weight excluding hydrogens is 236 g/mol. The van der Waals surface area contributed by atoms with Gasteiger partial charge in [-0.05, 0) is 40.4 Å². The lowest BCUT2D eigenvalue weighted by Crippen LogP contribution is -2.56. The van der Waals surface area contributed by atoms with Crippen molar-refractivity contribution in [3.63, 3.8) is 0 Å². The van der Waals surface area contributed by atoms with Gasteiger partial charge in [-0.2, -0.15) is 0 Å². The third-order valence-corrected chi connectivity index (χ3v) is 4.93. The summed E-state index contributed by atoms with van der Waals surface area (Å²) in [4.78, 5) is 6.88. The van der Waals surface area contributed by atoms with Gasteiger partial charge in [0.15, 0.2) is 0 Å². The van der Waals surface area contributed by atoms with Gasteiger partial charge in [0.2, 0.25) is 0 Å². The Balaban J connectivity index is 2.04. The maximum atomic E-state index is 4.44. The highest BCUT2D eigenvalue weighted by Crippen LogP contribution is 2.38. The molecule has 108 valence electrons. The van der Waals surface area contributed by atoms with Crippen molar-refractivity contribution in [2.24, 2.45) is 7.05 Å². The number of nitrogens with one attached hydrogen (secondary N) is 1. The van der Waals surface area contributed by atoms with Gasteiger partial charge in [0.1, 0.15) is 5.82 Å². The van der Waals surface area contributed by atoms with Crippen LogP contribution in [0.3, 0.4) is 0 Å². The van der Waals surface area contributed by atoms with E-state index in [0.717, 1.165) is 12.8 Å². The lowest BCUT2D eigenvalue weighted by atomic mass is 9.84. The summed E-state index contributed by atoms with van der Waals surface area (Å²) in [7, 11) is 8.65. The van der Waals surface area contributed by atoms with Crippen molar-refractivity contribution in [3.8, 4) is 0 Å². The fourth-order valence-electron chi connectivity index (χ4n) is 3.69. The monoisotopic (exact) mass is 264 g/mol. The Kier molecular flexibility index (Phi) is 4.63. The van der Waals surface area contributed by atoms with Gasteiger partial charge in [-0.1, -0.05) is 12.8 Å². The highest BCUT2D eigenvalue weighted by Gasteiger charge is 2.42. The first-order valence-electron chi connectivity index (χ1n) is 7.41. The third-order valence-electron chi connectivity index (χ3n) is 4.93. The zero-order valence-electron chi connectivity index (χ0n) is 12.8. The van der Waals surface area contributed by atoms with Gasteiger partial charge in [-0.15, -0.1) is 0 Å². The lowest BCUT2D eigenvalue weighted by Gasteiger charge is -2.43. The summed E-state index contributed by atoms with van der Waals surface area (Å²) in [6, 6.07) is 0.543. The summed E-state index contributed by atoms with van der Waals surface area (Å²) in [5.41, 5.74) is 0.333. The van der Waals surface area contributed by atoms with E-state index >= 15 is 0 Å². The van der Waals surface area contributed by atoms with E-state index in [1.165, 1.54) is 31.5 Å². The maximum absolute atomic E-state index is 4.44. The van der Waals surface area contributed by atoms with Crippen LogP contribution in [0.1, 0.15) is 37.9 Å². The molecule has 1 fully saturated rings. The van der Waals surface area contributed by atoms with Crippen molar-refractivity contribution < 1.29 is 0 Å². The molecule has 1 saturated carbocycles. The molecule has 1 aromatic rings. The minimum absolute atomic E-state index is 0.333. The van der Waals surface area contributed by atoms with Gasteiger partial charge in [-0.3, -0.25) is 0 Å². The zero-order valence-corrected chi connectivity index (χ0v) is 12.8. The number of aryl methyl sites for hydroxylation is 2. The summed E-state index contributed by atoms with van der Waals surface area (Å²) < 4.78 is 2.13. The van der Waals surface area contributed by atoms with E-state index in [1.807, 2.05) is 12.4 Å². The number of likely N-dealkylation sites (N-methyl/N-ethyl adjacent to an activating group) is 2. The van der Waals surface area contributed by atoms with Crippen LogP contribution >= 0.6 is 0 Å². The Morgan fingerprint density at radius 1 is 1.42 bits per heavy atom. The summed E-state index contributed by atoms with van der Waals surface area (Å²) in [5, 5.41) is 3.57. The van der Waals surface area contributed by atoms with E-state index in [2.05, 4.69) is 48.0 Å². The lowest BCUT2D eigenvalue weighted by molar-refractivity contribution is 0.104. The van der Waals surface area contributed by atoms with E-state index in [9.17, 15) is 0 Å². The van der Waals surface area contributed by atoms with Crippen LogP contribution < -0.4 is 5.32 Å². The van der Waals surface area contributed by atoms with Crippen molar-refractivity contribution in [1.82, 2.24) is 19.8 Å². The van der Waals surface area contributed by atoms with Crippen molar-refractivity contribution in [2.75, 3.05) is 21.1 Å². The number of hydrogen-bond donors (Lipinski definition) is 1. The third kappa shape index (κ3) is 2.84. The van der Waals surface area contributed by atoms with Gasteiger partial charge in [0.25, 0.3) is 0 Å². The number of aromatic nitrogens is 2. The molecule has 4 heteroatoms. The second-order valence-electron chi connectivity index (χ2n) is 6.04. The molecule has 1 N–H and O–H groups in total. The highest BCUT2D eigenvalue weighted by molar-refractivity contribution is 5.03. The molecule has 0 radical (unpaired) electrons. The van der Waals surface area contributed by atoms with Gasteiger partial charge in [0.05, 0.1) is 0 Å². The van der Waals surface area contributed by atoms with Crippen LogP contribution in [0.5, 0.6) is 0 Å². The fraction of sp³-hybridized carbons (Fsp3) is 0.800. The molecule has 0 amide bonds. The molecule has 0 aliphatic heterocycles. The van der Waals surface area contributed by atoms with E-state index in [4.69, 9.17) is 0 Å². The van der Waals surface area contributed by atoms with Crippen LogP contribution in [0, 0.1) is 0 Å². The van der Waals surface area contributed by atoms with Crippen LogP contribution in [0.15, 0.2) is 12.4 Å². The zero-order chi connectivity index (χ0) is 13.9. The first-order chi connectivity index (χ1) is 9.10. The van der Waals surface area contributed by atoms with Crippen LogP contribution in [-0.4, -0.2) is 47.2 Å². The molecule has 0 saturated heterocycles. The Morgan fingerprint density at radius 3 is 2.58 bits per heavy atom. The SMILES string of the molecule is CNC(CCc1nccn1C)C1(N(C)C)CCCC1. The highest BCUT2D eigenvalue weighted by atomic mass is 15.2. The van der Waals surface area contributed by atoms with Gasteiger partial charge >= 0.3 is 0 Å². The molecule has 0 aromatic carbocycles. The normalized spacial score (nSPS) is 20.1. The Morgan fingerprint density at radius 2 is 2.11 bits per heavy atom. The van der Waals surface area contributed by atoms with Crippen molar-refractivity contribution in [3.05, 3.63) is 18.2 Å². The number of rotatable bonds is 6. The summed E-state index contributed by atoms with van der Waals surface area (Å²) in [5.74, 6) is 1.19. The molecule has 0 spiro atoms. The van der Waals surface area contributed by atoms with E-state index in [0.29, 0.717) is 11.6 Å². The number of imidazole rings is 1. The summed E-state index contributed by atoms with van der Waals surface area (Å²) >= 11 is 0. The number of nitrogens with zero attached hydrogens (tertiary/aromatic N) is 3. The molecule has 1 unspecified atom stereocenters. The van der Waals surface area contributed by atoms with Crippen molar-refractivity contribution in [2.45, 2.75) is 50.1 Å². The molecule has 1 atom stereocenters. The van der Waals surface area contributed by atoms with E-state index in [-0.39, 0.29) is 0 Å². The van der Waals surface area contributed by atoms with Crippen molar-refractivity contribution >= 4 is 0 Å². The quantitative estimate of drug-likeness (QED) is 0.851. The predicted octanol–water partition coefficient (Wildman–Crippen LogP) is 1.82. The van der Waals surface area contributed by atoms with Crippen molar-refractivity contribution in [1.29, 1.82) is 0 Å². The number of hydrogen-bond acceptors (Lipinski definition) is 3. The van der Waals surface area contributed by atoms with Crippen LogP contribution in [0.25, 0.3) is 0 Å². The second kappa shape index (κ2) is 6.06. The summed E-state index contributed by atoms with van der Waals surface area (Å²) in [6.07, 6.45) is 11.5. The molecule has 1 aliphatic carbocycles. The Hall–Kier alpha value is -0.870. The van der Waals surface area contributed by atoms with E-state index in [1.54, 1.807) is 0 Å².